The summed E-state index contributed by atoms with van der Waals surface area (Å²) in [6, 6.07) is 2.59. The van der Waals surface area contributed by atoms with Gasteiger partial charge >= 0.3 is 0 Å². The molecule has 7 nitrogen and oxygen atoms in total. The van der Waals surface area contributed by atoms with Gasteiger partial charge in [-0.3, -0.25) is 4.79 Å². The van der Waals surface area contributed by atoms with Crippen LogP contribution in [0.5, 0.6) is 0 Å². The largest absolute Gasteiger partial charge is 0.356 e. The Morgan fingerprint density at radius 1 is 1.31 bits per heavy atom. The van der Waals surface area contributed by atoms with Crippen molar-refractivity contribution >= 4 is 35.2 Å². The molecular weight excluding hydrogens is 348 g/mol. The molecule has 1 aliphatic rings. The average Bonchev–Trinajstić information content (AvgIpc) is 3.10. The van der Waals surface area contributed by atoms with Crippen LogP contribution in [0.3, 0.4) is 0 Å². The summed E-state index contributed by atoms with van der Waals surface area (Å²) in [4.78, 5) is 26.6. The number of H-pyrrole nitrogens is 1. The summed E-state index contributed by atoms with van der Waals surface area (Å²) >= 11 is 1.91. The number of carbonyl (C=O) groups excluding carboxylic acids is 1. The molecule has 2 aromatic heterocycles. The first kappa shape index (κ1) is 19.0. The fourth-order valence-corrected chi connectivity index (χ4v) is 4.40. The SMILES string of the molecule is CCN(CCN(C)C=O)SCC1CC(N(C)c2ncnc3[nH]ccc23)C1. The Bertz CT molecular complexity index is 717. The van der Waals surface area contributed by atoms with Crippen LogP contribution < -0.4 is 4.90 Å². The molecular formula is C18H28N6OS. The van der Waals surface area contributed by atoms with E-state index in [0.717, 1.165) is 54.6 Å². The Hall–Kier alpha value is -1.80. The van der Waals surface area contributed by atoms with Gasteiger partial charge in [-0.15, -0.1) is 0 Å². The minimum atomic E-state index is 0.546. The molecule has 0 atom stereocenters. The molecule has 1 amide bonds. The number of hydrogen-bond acceptors (Lipinski definition) is 6. The molecule has 2 aromatic rings. The van der Waals surface area contributed by atoms with E-state index in [9.17, 15) is 4.79 Å². The van der Waals surface area contributed by atoms with Gasteiger partial charge < -0.3 is 14.8 Å². The molecule has 0 spiro atoms. The number of likely N-dealkylation sites (N-methyl/N-ethyl adjacent to an activating group) is 2. The highest BCUT2D eigenvalue weighted by Crippen LogP contribution is 2.37. The monoisotopic (exact) mass is 376 g/mol. The summed E-state index contributed by atoms with van der Waals surface area (Å²) < 4.78 is 2.35. The van der Waals surface area contributed by atoms with Crippen molar-refractivity contribution in [3.63, 3.8) is 0 Å². The third-order valence-electron chi connectivity index (χ3n) is 5.15. The molecule has 8 heteroatoms. The van der Waals surface area contributed by atoms with Gasteiger partial charge in [0.25, 0.3) is 0 Å². The molecule has 1 fully saturated rings. The summed E-state index contributed by atoms with van der Waals surface area (Å²) in [6.45, 7) is 4.86. The summed E-state index contributed by atoms with van der Waals surface area (Å²) in [5.74, 6) is 2.90. The van der Waals surface area contributed by atoms with E-state index in [2.05, 4.69) is 38.1 Å². The van der Waals surface area contributed by atoms with E-state index < -0.39 is 0 Å². The fraction of sp³-hybridized carbons (Fsp3) is 0.611. The molecule has 0 saturated heterocycles. The average molecular weight is 377 g/mol. The van der Waals surface area contributed by atoms with Gasteiger partial charge in [-0.1, -0.05) is 18.9 Å². The minimum absolute atomic E-state index is 0.546. The lowest BCUT2D eigenvalue weighted by Crippen LogP contribution is -2.44. The van der Waals surface area contributed by atoms with Crippen molar-refractivity contribution in [2.75, 3.05) is 44.4 Å². The number of anilines is 1. The predicted molar refractivity (Wildman–Crippen MR) is 107 cm³/mol. The van der Waals surface area contributed by atoms with Crippen LogP contribution in [0.4, 0.5) is 5.82 Å². The molecule has 0 bridgehead atoms. The number of fused-ring (bicyclic) bond motifs is 1. The normalized spacial score (nSPS) is 19.5. The first-order valence-electron chi connectivity index (χ1n) is 9.16. The van der Waals surface area contributed by atoms with E-state index in [1.165, 1.54) is 12.8 Å². The molecule has 3 rings (SSSR count). The molecule has 1 saturated carbocycles. The minimum Gasteiger partial charge on any atom is -0.356 e. The molecule has 0 aromatic carbocycles. The van der Waals surface area contributed by atoms with Gasteiger partial charge in [0.2, 0.25) is 6.41 Å². The van der Waals surface area contributed by atoms with E-state index in [-0.39, 0.29) is 0 Å². The number of nitrogens with zero attached hydrogens (tertiary/aromatic N) is 5. The number of amides is 1. The smallest absolute Gasteiger partial charge is 0.209 e. The third-order valence-corrected chi connectivity index (χ3v) is 6.58. The molecule has 142 valence electrons. The molecule has 0 radical (unpaired) electrons. The Morgan fingerprint density at radius 3 is 2.85 bits per heavy atom. The maximum atomic E-state index is 10.7. The summed E-state index contributed by atoms with van der Waals surface area (Å²) in [6.07, 6.45) is 6.83. The second-order valence-corrected chi connectivity index (χ2v) is 8.05. The van der Waals surface area contributed by atoms with E-state index in [1.807, 2.05) is 31.3 Å². The highest BCUT2D eigenvalue weighted by molar-refractivity contribution is 7.97. The van der Waals surface area contributed by atoms with Gasteiger partial charge in [-0.2, -0.15) is 0 Å². The van der Waals surface area contributed by atoms with Gasteiger partial charge in [-0.25, -0.2) is 14.3 Å². The Balaban J connectivity index is 1.45. The standard InChI is InChI=1S/C18H28N6OS/c1-4-24(8-7-22(2)13-25)26-11-14-9-15(10-14)23(3)18-16-5-6-19-17(16)20-12-21-18/h5-6,12-15H,4,7-11H2,1-3H3,(H,19,20,21). The number of aromatic amines is 1. The summed E-state index contributed by atoms with van der Waals surface area (Å²) in [5, 5.41) is 1.09. The number of hydrogen-bond donors (Lipinski definition) is 1. The number of aromatic nitrogens is 3. The van der Waals surface area contributed by atoms with Gasteiger partial charge in [-0.05, 0) is 24.8 Å². The van der Waals surface area contributed by atoms with Gasteiger partial charge in [0.15, 0.2) is 0 Å². The number of nitrogens with one attached hydrogen (secondary N) is 1. The lowest BCUT2D eigenvalue weighted by molar-refractivity contribution is -0.117. The van der Waals surface area contributed by atoms with Crippen LogP contribution in [0.1, 0.15) is 19.8 Å². The Morgan fingerprint density at radius 2 is 2.12 bits per heavy atom. The fourth-order valence-electron chi connectivity index (χ4n) is 3.31. The van der Waals surface area contributed by atoms with Crippen LogP contribution in [0.15, 0.2) is 18.6 Å². The van der Waals surface area contributed by atoms with Crippen LogP contribution in [-0.2, 0) is 4.79 Å². The van der Waals surface area contributed by atoms with Gasteiger partial charge in [0.1, 0.15) is 17.8 Å². The molecule has 0 unspecified atom stereocenters. The molecule has 26 heavy (non-hydrogen) atoms. The second-order valence-electron chi connectivity index (χ2n) is 6.94. The van der Waals surface area contributed by atoms with Crippen molar-refractivity contribution in [3.8, 4) is 0 Å². The van der Waals surface area contributed by atoms with Crippen molar-refractivity contribution < 1.29 is 4.79 Å². The molecule has 1 N–H and O–H groups in total. The lowest BCUT2D eigenvalue weighted by Gasteiger charge is -2.42. The molecule has 0 aliphatic heterocycles. The van der Waals surface area contributed by atoms with E-state index in [1.54, 1.807) is 11.2 Å². The van der Waals surface area contributed by atoms with Gasteiger partial charge in [0, 0.05) is 51.7 Å². The zero-order valence-electron chi connectivity index (χ0n) is 15.8. The van der Waals surface area contributed by atoms with Crippen molar-refractivity contribution in [2.24, 2.45) is 5.92 Å². The van der Waals surface area contributed by atoms with Crippen LogP contribution in [-0.4, -0.2) is 76.1 Å². The molecule has 1 aliphatic carbocycles. The first-order chi connectivity index (χ1) is 12.6. The van der Waals surface area contributed by atoms with Crippen LogP contribution in [0, 0.1) is 5.92 Å². The second kappa shape index (κ2) is 8.73. The van der Waals surface area contributed by atoms with E-state index in [0.29, 0.717) is 6.04 Å². The Labute approximate surface area is 159 Å². The summed E-state index contributed by atoms with van der Waals surface area (Å²) in [5.41, 5.74) is 0.896. The van der Waals surface area contributed by atoms with Crippen molar-refractivity contribution in [1.29, 1.82) is 0 Å². The Kier molecular flexibility index (Phi) is 6.37. The quantitative estimate of drug-likeness (QED) is 0.507. The predicted octanol–water partition coefficient (Wildman–Crippen LogP) is 2.23. The highest BCUT2D eigenvalue weighted by Gasteiger charge is 2.33. The van der Waals surface area contributed by atoms with Crippen molar-refractivity contribution in [2.45, 2.75) is 25.8 Å². The maximum absolute atomic E-state index is 10.7. The lowest BCUT2D eigenvalue weighted by atomic mass is 9.81. The summed E-state index contributed by atoms with van der Waals surface area (Å²) in [7, 11) is 3.96. The van der Waals surface area contributed by atoms with Crippen LogP contribution >= 0.6 is 11.9 Å². The van der Waals surface area contributed by atoms with Crippen molar-refractivity contribution in [3.05, 3.63) is 18.6 Å². The van der Waals surface area contributed by atoms with Crippen LogP contribution in [0.2, 0.25) is 0 Å². The highest BCUT2D eigenvalue weighted by atomic mass is 32.2. The van der Waals surface area contributed by atoms with Gasteiger partial charge in [0.05, 0.1) is 5.39 Å². The van der Waals surface area contributed by atoms with E-state index >= 15 is 0 Å². The molecule has 2 heterocycles. The van der Waals surface area contributed by atoms with Crippen LogP contribution in [0.25, 0.3) is 11.0 Å². The number of rotatable bonds is 10. The zero-order chi connectivity index (χ0) is 18.5. The van der Waals surface area contributed by atoms with E-state index in [4.69, 9.17) is 0 Å². The topological polar surface area (TPSA) is 68.4 Å². The maximum Gasteiger partial charge on any atom is 0.209 e. The van der Waals surface area contributed by atoms with Crippen molar-refractivity contribution in [1.82, 2.24) is 24.2 Å². The third kappa shape index (κ3) is 4.29. The first-order valence-corrected chi connectivity index (χ1v) is 10.1. The zero-order valence-corrected chi connectivity index (χ0v) is 16.6. The number of carbonyl (C=O) groups is 1.